The minimum atomic E-state index is -0.132. The molecule has 0 saturated heterocycles. The largest absolute Gasteiger partial charge is 0.459 e. The van der Waals surface area contributed by atoms with E-state index in [2.05, 4.69) is 62.8 Å². The standard InChI is InChI=1S/C20H21Br2NO2/c1-20(2)15(11-17(21)22)18(20)19(24)25-12-16-14(8-9-23-16)10-13-6-4-3-5-7-13/h3-9,11,15,18,23H,10,12H2,1-2H3. The second kappa shape index (κ2) is 7.50. The van der Waals surface area contributed by atoms with Crippen LogP contribution in [0.2, 0.25) is 0 Å². The van der Waals surface area contributed by atoms with Crippen LogP contribution < -0.4 is 0 Å². The SMILES string of the molecule is CC1(C)C(C=C(Br)Br)C1C(=O)OCc1[nH]ccc1Cc1ccccc1. The predicted octanol–water partition coefficient (Wildman–Crippen LogP) is 5.55. The van der Waals surface area contributed by atoms with E-state index in [1.807, 2.05) is 36.5 Å². The van der Waals surface area contributed by atoms with E-state index in [0.29, 0.717) is 0 Å². The lowest BCUT2D eigenvalue weighted by Gasteiger charge is -2.07. The number of rotatable bonds is 6. The Balaban J connectivity index is 1.61. The molecule has 1 fully saturated rings. The fourth-order valence-corrected chi connectivity index (χ4v) is 3.93. The van der Waals surface area contributed by atoms with E-state index in [-0.39, 0.29) is 29.8 Å². The van der Waals surface area contributed by atoms with Crippen molar-refractivity contribution < 1.29 is 9.53 Å². The average Bonchev–Trinajstić information content (AvgIpc) is 2.90. The maximum atomic E-state index is 12.5. The first kappa shape index (κ1) is 18.5. The first-order valence-corrected chi connectivity index (χ1v) is 9.86. The second-order valence-electron chi connectivity index (χ2n) is 7.03. The Hall–Kier alpha value is -1.33. The minimum Gasteiger partial charge on any atom is -0.459 e. The summed E-state index contributed by atoms with van der Waals surface area (Å²) in [5.41, 5.74) is 3.30. The zero-order chi connectivity index (χ0) is 18.0. The summed E-state index contributed by atoms with van der Waals surface area (Å²) in [4.78, 5) is 15.7. The Kier molecular flexibility index (Phi) is 5.54. The van der Waals surface area contributed by atoms with Gasteiger partial charge in [0.15, 0.2) is 0 Å². The molecule has 1 saturated carbocycles. The van der Waals surface area contributed by atoms with Gasteiger partial charge in [0, 0.05) is 6.20 Å². The number of esters is 1. The van der Waals surface area contributed by atoms with Gasteiger partial charge in [0.1, 0.15) is 6.61 Å². The van der Waals surface area contributed by atoms with E-state index < -0.39 is 0 Å². The third kappa shape index (κ3) is 4.26. The van der Waals surface area contributed by atoms with Crippen molar-refractivity contribution in [3.8, 4) is 0 Å². The highest BCUT2D eigenvalue weighted by molar-refractivity contribution is 9.28. The molecule has 1 heterocycles. The van der Waals surface area contributed by atoms with Crippen LogP contribution in [0.3, 0.4) is 0 Å². The third-order valence-electron chi connectivity index (χ3n) is 5.00. The molecule has 5 heteroatoms. The van der Waals surface area contributed by atoms with E-state index in [1.54, 1.807) is 0 Å². The van der Waals surface area contributed by atoms with Crippen LogP contribution in [0.1, 0.15) is 30.7 Å². The van der Waals surface area contributed by atoms with Crippen LogP contribution in [0.25, 0.3) is 0 Å². The van der Waals surface area contributed by atoms with Crippen molar-refractivity contribution in [1.29, 1.82) is 0 Å². The number of carbonyl (C=O) groups is 1. The van der Waals surface area contributed by atoms with Crippen LogP contribution in [-0.4, -0.2) is 11.0 Å². The predicted molar refractivity (Wildman–Crippen MR) is 107 cm³/mol. The molecule has 2 unspecified atom stereocenters. The molecule has 3 nitrogen and oxygen atoms in total. The van der Waals surface area contributed by atoms with Crippen molar-refractivity contribution in [3.63, 3.8) is 0 Å². The van der Waals surface area contributed by atoms with Gasteiger partial charge in [-0.15, -0.1) is 0 Å². The number of ether oxygens (including phenoxy) is 1. The molecule has 1 aliphatic rings. The smallest absolute Gasteiger partial charge is 0.310 e. The summed E-state index contributed by atoms with van der Waals surface area (Å²) in [5, 5.41) is 0. The average molecular weight is 467 g/mol. The summed E-state index contributed by atoms with van der Waals surface area (Å²) in [6.45, 7) is 4.48. The number of carbonyl (C=O) groups excluding carboxylic acids is 1. The normalized spacial score (nSPS) is 20.8. The number of H-pyrrole nitrogens is 1. The first-order valence-electron chi connectivity index (χ1n) is 8.28. The van der Waals surface area contributed by atoms with Gasteiger partial charge in [0.25, 0.3) is 0 Å². The van der Waals surface area contributed by atoms with Crippen LogP contribution in [0.15, 0.2) is 52.1 Å². The van der Waals surface area contributed by atoms with Gasteiger partial charge in [-0.1, -0.05) is 50.3 Å². The molecule has 25 heavy (non-hydrogen) atoms. The molecule has 0 amide bonds. The Morgan fingerprint density at radius 3 is 2.64 bits per heavy atom. The van der Waals surface area contributed by atoms with E-state index >= 15 is 0 Å². The lowest BCUT2D eigenvalue weighted by Crippen LogP contribution is -2.11. The Morgan fingerprint density at radius 1 is 1.24 bits per heavy atom. The molecule has 0 bridgehead atoms. The highest BCUT2D eigenvalue weighted by Crippen LogP contribution is 2.60. The van der Waals surface area contributed by atoms with Crippen LogP contribution in [-0.2, 0) is 22.6 Å². The van der Waals surface area contributed by atoms with Crippen LogP contribution in [0.5, 0.6) is 0 Å². The van der Waals surface area contributed by atoms with E-state index in [9.17, 15) is 4.79 Å². The summed E-state index contributed by atoms with van der Waals surface area (Å²) < 4.78 is 6.48. The molecule has 2 atom stereocenters. The number of aromatic amines is 1. The summed E-state index contributed by atoms with van der Waals surface area (Å²) in [6, 6.07) is 12.3. The van der Waals surface area contributed by atoms with Gasteiger partial charge in [-0.2, -0.15) is 0 Å². The monoisotopic (exact) mass is 465 g/mol. The maximum Gasteiger partial charge on any atom is 0.310 e. The summed E-state index contributed by atoms with van der Waals surface area (Å²) >= 11 is 6.75. The van der Waals surface area contributed by atoms with Gasteiger partial charge in [-0.25, -0.2) is 0 Å². The molecule has 1 N–H and O–H groups in total. The third-order valence-corrected chi connectivity index (χ3v) is 5.52. The Labute approximate surface area is 165 Å². The molecule has 132 valence electrons. The van der Waals surface area contributed by atoms with Gasteiger partial charge in [-0.05, 0) is 66.8 Å². The quantitative estimate of drug-likeness (QED) is 0.567. The molecule has 2 aromatic rings. The van der Waals surface area contributed by atoms with Crippen LogP contribution in [0.4, 0.5) is 0 Å². The number of nitrogens with one attached hydrogen (secondary N) is 1. The highest BCUT2D eigenvalue weighted by Gasteiger charge is 2.61. The lowest BCUT2D eigenvalue weighted by atomic mass is 10.1. The molecule has 3 rings (SSSR count). The molecule has 1 aromatic carbocycles. The van der Waals surface area contributed by atoms with Gasteiger partial charge in [-0.3, -0.25) is 4.79 Å². The van der Waals surface area contributed by atoms with E-state index in [1.165, 1.54) is 5.56 Å². The Bertz CT molecular complexity index is 776. The molecule has 1 aromatic heterocycles. The summed E-state index contributed by atoms with van der Waals surface area (Å²) in [6.07, 6.45) is 4.76. The van der Waals surface area contributed by atoms with E-state index in [4.69, 9.17) is 4.74 Å². The molecular formula is C20H21Br2NO2. The molecular weight excluding hydrogens is 446 g/mol. The number of hydrogen-bond acceptors (Lipinski definition) is 2. The fourth-order valence-electron chi connectivity index (χ4n) is 3.36. The van der Waals surface area contributed by atoms with E-state index in [0.717, 1.165) is 21.1 Å². The first-order chi connectivity index (χ1) is 11.9. The van der Waals surface area contributed by atoms with Gasteiger partial charge < -0.3 is 9.72 Å². The summed E-state index contributed by atoms with van der Waals surface area (Å²) in [7, 11) is 0. The summed E-state index contributed by atoms with van der Waals surface area (Å²) in [5.74, 6) is -0.0286. The van der Waals surface area contributed by atoms with Gasteiger partial charge in [0.2, 0.25) is 0 Å². The second-order valence-corrected chi connectivity index (χ2v) is 9.81. The number of benzene rings is 1. The van der Waals surface area contributed by atoms with Crippen molar-refractivity contribution in [1.82, 2.24) is 4.98 Å². The zero-order valence-electron chi connectivity index (χ0n) is 14.3. The zero-order valence-corrected chi connectivity index (χ0v) is 17.4. The molecule has 1 aliphatic carbocycles. The van der Waals surface area contributed by atoms with Crippen molar-refractivity contribution in [3.05, 3.63) is 68.9 Å². The lowest BCUT2D eigenvalue weighted by molar-refractivity contribution is -0.147. The van der Waals surface area contributed by atoms with Crippen LogP contribution in [0, 0.1) is 17.3 Å². The van der Waals surface area contributed by atoms with Crippen molar-refractivity contribution in [2.45, 2.75) is 26.9 Å². The molecule has 0 aliphatic heterocycles. The minimum absolute atomic E-state index is 0.0630. The van der Waals surface area contributed by atoms with Crippen molar-refractivity contribution in [2.75, 3.05) is 0 Å². The molecule has 0 radical (unpaired) electrons. The molecule has 0 spiro atoms. The number of aromatic nitrogens is 1. The Morgan fingerprint density at radius 2 is 1.96 bits per heavy atom. The highest BCUT2D eigenvalue weighted by atomic mass is 79.9. The van der Waals surface area contributed by atoms with Gasteiger partial charge >= 0.3 is 5.97 Å². The number of hydrogen-bond donors (Lipinski definition) is 1. The number of halogens is 2. The maximum absolute atomic E-state index is 12.5. The van der Waals surface area contributed by atoms with Crippen molar-refractivity contribution >= 4 is 37.8 Å². The van der Waals surface area contributed by atoms with Gasteiger partial charge in [0.05, 0.1) is 15.0 Å². The van der Waals surface area contributed by atoms with Crippen molar-refractivity contribution in [2.24, 2.45) is 17.3 Å². The van der Waals surface area contributed by atoms with Crippen LogP contribution >= 0.6 is 31.9 Å². The number of allylic oxidation sites excluding steroid dienone is 1. The topological polar surface area (TPSA) is 42.1 Å². The fraction of sp³-hybridized carbons (Fsp3) is 0.350.